The predicted octanol–water partition coefficient (Wildman–Crippen LogP) is 7.23. The fraction of sp³-hybridized carbons (Fsp3) is 0.800. The van der Waals surface area contributed by atoms with Gasteiger partial charge in [-0.15, -0.1) is 5.10 Å². The second-order valence-corrected chi connectivity index (χ2v) is 16.3. The summed E-state index contributed by atoms with van der Waals surface area (Å²) in [6.45, 7) is 19.6. The van der Waals surface area contributed by atoms with E-state index in [0.29, 0.717) is 24.1 Å². The zero-order valence-electron chi connectivity index (χ0n) is 27.7. The second-order valence-electron chi connectivity index (χ2n) is 16.3. The Morgan fingerprint density at radius 1 is 0.977 bits per heavy atom. The van der Waals surface area contributed by atoms with Crippen molar-refractivity contribution in [1.29, 1.82) is 0 Å². The molecule has 0 aliphatic heterocycles. The number of aryl methyl sites for hydroxylation is 1. The molecule has 0 bridgehead atoms. The van der Waals surface area contributed by atoms with E-state index in [0.717, 1.165) is 50.5 Å². The summed E-state index contributed by atoms with van der Waals surface area (Å²) in [4.78, 5) is 40.0. The van der Waals surface area contributed by atoms with Crippen LogP contribution < -0.4 is 5.32 Å². The molecule has 0 spiro atoms. The highest BCUT2D eigenvalue weighted by Gasteiger charge is 2.69. The number of allylic oxidation sites excluding steroid dienone is 1. The molecule has 4 saturated carbocycles. The van der Waals surface area contributed by atoms with Gasteiger partial charge in [-0.25, -0.2) is 0 Å². The van der Waals surface area contributed by atoms with Crippen LogP contribution in [0.15, 0.2) is 15.6 Å². The van der Waals surface area contributed by atoms with E-state index >= 15 is 0 Å². The van der Waals surface area contributed by atoms with E-state index in [2.05, 4.69) is 64.0 Å². The van der Waals surface area contributed by atoms with Crippen molar-refractivity contribution in [2.45, 2.75) is 126 Å². The van der Waals surface area contributed by atoms with Gasteiger partial charge in [0, 0.05) is 31.6 Å². The number of carbonyl (C=O) groups excluding carboxylic acids is 3. The summed E-state index contributed by atoms with van der Waals surface area (Å²) in [5.41, 5.74) is 1.62. The predicted molar refractivity (Wildman–Crippen MR) is 163 cm³/mol. The Balaban J connectivity index is 1.42. The number of ether oxygens (including phenoxy) is 1. The van der Waals surface area contributed by atoms with Crippen LogP contribution in [0.3, 0.4) is 0 Å². The van der Waals surface area contributed by atoms with Crippen molar-refractivity contribution in [3.63, 3.8) is 0 Å². The average Bonchev–Trinajstić information content (AvgIpc) is 3.46. The van der Waals surface area contributed by atoms with Crippen molar-refractivity contribution in [2.24, 2.45) is 50.7 Å². The Hall–Kier alpha value is -2.51. The highest BCUT2D eigenvalue weighted by molar-refractivity contribution is 6.05. The van der Waals surface area contributed by atoms with Crippen LogP contribution >= 0.6 is 0 Å². The standard InChI is InChI=1S/C35H51N3O5/c1-19(2)27-23(40)18-35(29(41)36-30-38-37-20(3)42-30)17-16-33(8)22(28(27)35)10-11-25-32(7)14-13-26(43-21(4)39)31(5,6)24(32)12-15-34(25,33)9/h19,24-27H,10-18H2,1-9H3,(H,36,38,41)/t24-,25+,26-,27?,32-,33+,34+,35+/m0/s1. The van der Waals surface area contributed by atoms with Gasteiger partial charge < -0.3 is 9.15 Å². The van der Waals surface area contributed by atoms with Crippen LogP contribution in [0.4, 0.5) is 6.01 Å². The first kappa shape index (κ1) is 30.5. The molecule has 1 N–H and O–H groups in total. The SMILES string of the molecule is CC(=O)O[C@H]1CC[C@]2(C)[C@H]3CCC4=C5C(C(C)C)C(=O)C[C@]5(C(=O)Nc5nnc(C)o5)CC[C@@]4(C)[C@]3(C)CC[C@H]2C1(C)C. The number of ketones is 1. The van der Waals surface area contributed by atoms with E-state index in [9.17, 15) is 14.4 Å². The minimum Gasteiger partial charge on any atom is -0.462 e. The van der Waals surface area contributed by atoms with E-state index in [1.165, 1.54) is 12.5 Å². The molecular formula is C35H51N3O5. The molecule has 6 rings (SSSR count). The maximum Gasteiger partial charge on any atom is 0.322 e. The molecule has 0 aromatic carbocycles. The number of fused-ring (bicyclic) bond motifs is 6. The molecule has 43 heavy (non-hydrogen) atoms. The molecule has 5 aliphatic carbocycles. The number of hydrogen-bond acceptors (Lipinski definition) is 7. The fourth-order valence-electron chi connectivity index (χ4n) is 11.7. The molecule has 8 atom stereocenters. The molecule has 4 fully saturated rings. The van der Waals surface area contributed by atoms with Crippen LogP contribution in [-0.4, -0.2) is 34.0 Å². The average molecular weight is 594 g/mol. The number of carbonyl (C=O) groups is 3. The molecule has 1 unspecified atom stereocenters. The van der Waals surface area contributed by atoms with Crippen molar-refractivity contribution in [3.05, 3.63) is 17.0 Å². The molecule has 1 amide bonds. The minimum absolute atomic E-state index is 0.0442. The van der Waals surface area contributed by atoms with Crippen molar-refractivity contribution in [3.8, 4) is 0 Å². The zero-order chi connectivity index (χ0) is 31.3. The summed E-state index contributed by atoms with van der Waals surface area (Å²) in [7, 11) is 0. The Kier molecular flexibility index (Phi) is 6.91. The van der Waals surface area contributed by atoms with Gasteiger partial charge in [0.1, 0.15) is 11.9 Å². The number of Topliss-reactive ketones (excluding diaryl/α,β-unsaturated/α-hetero) is 1. The molecule has 236 valence electrons. The lowest BCUT2D eigenvalue weighted by Gasteiger charge is -2.70. The number of esters is 1. The molecule has 1 aromatic heterocycles. The van der Waals surface area contributed by atoms with Gasteiger partial charge in [-0.05, 0) is 90.9 Å². The third-order valence-electron chi connectivity index (χ3n) is 13.8. The van der Waals surface area contributed by atoms with Crippen molar-refractivity contribution in [1.82, 2.24) is 10.2 Å². The first-order valence-electron chi connectivity index (χ1n) is 16.6. The van der Waals surface area contributed by atoms with Gasteiger partial charge in [0.2, 0.25) is 11.8 Å². The molecule has 8 heteroatoms. The van der Waals surface area contributed by atoms with E-state index in [1.54, 1.807) is 6.92 Å². The van der Waals surface area contributed by atoms with Gasteiger partial charge >= 0.3 is 12.0 Å². The normalized spacial score (nSPS) is 41.7. The van der Waals surface area contributed by atoms with E-state index in [-0.39, 0.29) is 69.7 Å². The number of hydrogen-bond donors (Lipinski definition) is 1. The monoisotopic (exact) mass is 593 g/mol. The van der Waals surface area contributed by atoms with Gasteiger partial charge in [0.25, 0.3) is 0 Å². The number of aromatic nitrogens is 2. The summed E-state index contributed by atoms with van der Waals surface area (Å²) in [5.74, 6) is 1.09. The molecule has 1 aromatic rings. The summed E-state index contributed by atoms with van der Waals surface area (Å²) in [6, 6.07) is 0.101. The fourth-order valence-corrected chi connectivity index (χ4v) is 11.7. The van der Waals surface area contributed by atoms with Gasteiger partial charge in [0.05, 0.1) is 5.41 Å². The first-order valence-corrected chi connectivity index (χ1v) is 16.6. The Morgan fingerprint density at radius 3 is 2.33 bits per heavy atom. The van der Waals surface area contributed by atoms with Crippen LogP contribution in [0.25, 0.3) is 0 Å². The highest BCUT2D eigenvalue weighted by Crippen LogP contribution is 2.76. The topological polar surface area (TPSA) is 111 Å². The van der Waals surface area contributed by atoms with Gasteiger partial charge in [-0.2, -0.15) is 0 Å². The van der Waals surface area contributed by atoms with Crippen LogP contribution in [0.1, 0.15) is 119 Å². The summed E-state index contributed by atoms with van der Waals surface area (Å²) >= 11 is 0. The van der Waals surface area contributed by atoms with Crippen LogP contribution in [0.2, 0.25) is 0 Å². The van der Waals surface area contributed by atoms with E-state index < -0.39 is 5.41 Å². The minimum atomic E-state index is -0.863. The Labute approximate surface area is 256 Å². The van der Waals surface area contributed by atoms with Crippen molar-refractivity contribution >= 4 is 23.7 Å². The lowest BCUT2D eigenvalue weighted by Crippen LogP contribution is -2.64. The number of rotatable bonds is 4. The van der Waals surface area contributed by atoms with Crippen LogP contribution in [0.5, 0.6) is 0 Å². The van der Waals surface area contributed by atoms with Crippen molar-refractivity contribution < 1.29 is 23.5 Å². The maximum absolute atomic E-state index is 14.2. The molecule has 0 radical (unpaired) electrons. The number of amides is 1. The zero-order valence-corrected chi connectivity index (χ0v) is 27.7. The summed E-state index contributed by atoms with van der Waals surface area (Å²) in [6.07, 6.45) is 7.88. The summed E-state index contributed by atoms with van der Waals surface area (Å²) in [5, 5.41) is 10.8. The Morgan fingerprint density at radius 2 is 1.70 bits per heavy atom. The smallest absolute Gasteiger partial charge is 0.322 e. The van der Waals surface area contributed by atoms with Crippen molar-refractivity contribution in [2.75, 3.05) is 5.32 Å². The van der Waals surface area contributed by atoms with Gasteiger partial charge in [0.15, 0.2) is 0 Å². The maximum atomic E-state index is 14.2. The third-order valence-corrected chi connectivity index (χ3v) is 13.8. The van der Waals surface area contributed by atoms with Gasteiger partial charge in [-0.1, -0.05) is 59.1 Å². The largest absolute Gasteiger partial charge is 0.462 e. The lowest BCUT2D eigenvalue weighted by atomic mass is 9.34. The molecular weight excluding hydrogens is 542 g/mol. The quantitative estimate of drug-likeness (QED) is 0.290. The lowest BCUT2D eigenvalue weighted by molar-refractivity contribution is -0.213. The van der Waals surface area contributed by atoms with E-state index in [4.69, 9.17) is 9.15 Å². The molecule has 8 nitrogen and oxygen atoms in total. The highest BCUT2D eigenvalue weighted by atomic mass is 16.5. The molecule has 0 saturated heterocycles. The van der Waals surface area contributed by atoms with Crippen LogP contribution in [-0.2, 0) is 19.1 Å². The van der Waals surface area contributed by atoms with Crippen LogP contribution in [0, 0.1) is 57.7 Å². The van der Waals surface area contributed by atoms with E-state index in [1.807, 2.05) is 0 Å². The molecule has 1 heterocycles. The van der Waals surface area contributed by atoms with Gasteiger partial charge in [-0.3, -0.25) is 19.7 Å². The summed E-state index contributed by atoms with van der Waals surface area (Å²) < 4.78 is 11.4. The second kappa shape index (κ2) is 9.74. The molecule has 5 aliphatic rings. The Bertz CT molecular complexity index is 1390. The number of anilines is 1. The number of nitrogens with one attached hydrogen (secondary N) is 1. The first-order chi connectivity index (χ1) is 20.0. The third kappa shape index (κ3) is 4.09. The number of nitrogens with zero attached hydrogens (tertiary/aromatic N) is 2.